The van der Waals surface area contributed by atoms with Crippen LogP contribution in [-0.2, 0) is 0 Å². The molecule has 0 atom stereocenters. The summed E-state index contributed by atoms with van der Waals surface area (Å²) in [7, 11) is 0. The summed E-state index contributed by atoms with van der Waals surface area (Å²) >= 11 is 0. The molecule has 0 radical (unpaired) electrons. The van der Waals surface area contributed by atoms with E-state index in [1.165, 1.54) is 24.4 Å². The molecule has 3 nitrogen and oxygen atoms in total. The van der Waals surface area contributed by atoms with Crippen molar-refractivity contribution in [1.29, 1.82) is 0 Å². The normalized spacial score (nSPS) is 10.9. The largest absolute Gasteiger partial charge is 0.507 e. The lowest BCUT2D eigenvalue weighted by Crippen LogP contribution is -1.89. The lowest BCUT2D eigenvalue weighted by Gasteiger charge is -2.06. The molecule has 20 heavy (non-hydrogen) atoms. The van der Waals surface area contributed by atoms with E-state index in [-0.39, 0.29) is 11.3 Å². The summed E-state index contributed by atoms with van der Waals surface area (Å²) in [5.41, 5.74) is 1.16. The number of aldehydes is 1. The van der Waals surface area contributed by atoms with Crippen LogP contribution in [0.3, 0.4) is 0 Å². The molecule has 2 aromatic carbocycles. The van der Waals surface area contributed by atoms with Crippen LogP contribution in [0.4, 0.5) is 8.78 Å². The number of fused-ring (bicyclic) bond motifs is 1. The van der Waals surface area contributed by atoms with Gasteiger partial charge in [0.15, 0.2) is 17.9 Å². The molecule has 0 fully saturated rings. The highest BCUT2D eigenvalue weighted by Crippen LogP contribution is 2.34. The maximum absolute atomic E-state index is 13.8. The molecule has 0 amide bonds. The van der Waals surface area contributed by atoms with Gasteiger partial charge in [-0.15, -0.1) is 0 Å². The number of nitrogens with one attached hydrogen (secondary N) is 1. The Morgan fingerprint density at radius 3 is 2.75 bits per heavy atom. The number of H-pyrrole nitrogens is 1. The SMILES string of the molecule is O=Cc1c[nH]c2cc(-c3cccc(F)c3F)cc(O)c12. The molecule has 0 spiro atoms. The highest BCUT2D eigenvalue weighted by molar-refractivity contribution is 6.02. The maximum Gasteiger partial charge on any atom is 0.166 e. The van der Waals surface area contributed by atoms with Gasteiger partial charge in [-0.05, 0) is 23.8 Å². The predicted octanol–water partition coefficient (Wildman–Crippen LogP) is 3.63. The van der Waals surface area contributed by atoms with E-state index in [1.807, 2.05) is 0 Å². The van der Waals surface area contributed by atoms with Gasteiger partial charge in [-0.3, -0.25) is 4.79 Å². The molecular formula is C15H9F2NO2. The molecule has 3 aromatic rings. The summed E-state index contributed by atoms with van der Waals surface area (Å²) in [4.78, 5) is 13.7. The third-order valence-corrected chi connectivity index (χ3v) is 3.18. The monoisotopic (exact) mass is 273 g/mol. The Balaban J connectivity index is 2.28. The quantitative estimate of drug-likeness (QED) is 0.700. The lowest BCUT2D eigenvalue weighted by molar-refractivity contribution is 0.112. The number of carbonyl (C=O) groups excluding carboxylic acids is 1. The number of aromatic nitrogens is 1. The molecule has 0 saturated carbocycles. The standard InChI is InChI=1S/C15H9F2NO2/c16-11-3-1-2-10(15(11)17)8-4-12-14(13(20)5-8)9(7-19)6-18-12/h1-7,18,20H. The molecule has 2 N–H and O–H groups in total. The fourth-order valence-corrected chi connectivity index (χ4v) is 2.25. The van der Waals surface area contributed by atoms with Crippen molar-refractivity contribution in [2.75, 3.05) is 0 Å². The van der Waals surface area contributed by atoms with Crippen molar-refractivity contribution < 1.29 is 18.7 Å². The van der Waals surface area contributed by atoms with E-state index in [0.29, 0.717) is 28.3 Å². The maximum atomic E-state index is 13.8. The average molecular weight is 273 g/mol. The molecular weight excluding hydrogens is 264 g/mol. The van der Waals surface area contributed by atoms with Gasteiger partial charge in [-0.2, -0.15) is 0 Å². The molecule has 0 aliphatic heterocycles. The number of hydrogen-bond acceptors (Lipinski definition) is 2. The number of aromatic amines is 1. The number of phenolic OH excluding ortho intramolecular Hbond substituents is 1. The molecule has 1 heterocycles. The van der Waals surface area contributed by atoms with Crippen molar-refractivity contribution in [2.45, 2.75) is 0 Å². The molecule has 0 unspecified atom stereocenters. The molecule has 5 heteroatoms. The molecule has 0 bridgehead atoms. The van der Waals surface area contributed by atoms with Gasteiger partial charge in [0.2, 0.25) is 0 Å². The Morgan fingerprint density at radius 1 is 1.20 bits per heavy atom. The van der Waals surface area contributed by atoms with Crippen molar-refractivity contribution in [3.8, 4) is 16.9 Å². The molecule has 3 rings (SSSR count). The van der Waals surface area contributed by atoms with E-state index < -0.39 is 11.6 Å². The van der Waals surface area contributed by atoms with E-state index in [1.54, 1.807) is 6.07 Å². The molecule has 100 valence electrons. The summed E-state index contributed by atoms with van der Waals surface area (Å²) in [6.45, 7) is 0. The molecule has 0 aliphatic rings. The number of aromatic hydroxyl groups is 1. The van der Waals surface area contributed by atoms with Crippen LogP contribution in [0, 0.1) is 11.6 Å². The van der Waals surface area contributed by atoms with E-state index in [4.69, 9.17) is 0 Å². The van der Waals surface area contributed by atoms with Crippen molar-refractivity contribution in [2.24, 2.45) is 0 Å². The number of rotatable bonds is 2. The van der Waals surface area contributed by atoms with Crippen LogP contribution < -0.4 is 0 Å². The highest BCUT2D eigenvalue weighted by atomic mass is 19.2. The third-order valence-electron chi connectivity index (χ3n) is 3.18. The lowest BCUT2D eigenvalue weighted by atomic mass is 10.0. The second-order valence-electron chi connectivity index (χ2n) is 4.38. The zero-order chi connectivity index (χ0) is 14.3. The molecule has 0 aliphatic carbocycles. The van der Waals surface area contributed by atoms with Crippen LogP contribution in [0.2, 0.25) is 0 Å². The molecule has 0 saturated heterocycles. The van der Waals surface area contributed by atoms with Gasteiger partial charge < -0.3 is 10.1 Å². The van der Waals surface area contributed by atoms with Crippen molar-refractivity contribution in [1.82, 2.24) is 4.98 Å². The van der Waals surface area contributed by atoms with E-state index >= 15 is 0 Å². The summed E-state index contributed by atoms with van der Waals surface area (Å²) < 4.78 is 27.0. The number of carbonyl (C=O) groups is 1. The van der Waals surface area contributed by atoms with Gasteiger partial charge in [0, 0.05) is 17.3 Å². The average Bonchev–Trinajstić information content (AvgIpc) is 2.85. The fourth-order valence-electron chi connectivity index (χ4n) is 2.25. The topological polar surface area (TPSA) is 53.1 Å². The van der Waals surface area contributed by atoms with Crippen LogP contribution in [0.5, 0.6) is 5.75 Å². The van der Waals surface area contributed by atoms with E-state index in [2.05, 4.69) is 4.98 Å². The zero-order valence-corrected chi connectivity index (χ0v) is 10.2. The first kappa shape index (κ1) is 12.3. The summed E-state index contributed by atoms with van der Waals surface area (Å²) in [5.74, 6) is -2.10. The van der Waals surface area contributed by atoms with Gasteiger partial charge in [0.1, 0.15) is 5.75 Å². The Bertz CT molecular complexity index is 824. The van der Waals surface area contributed by atoms with Crippen LogP contribution in [-0.4, -0.2) is 16.4 Å². The number of benzene rings is 2. The third kappa shape index (κ3) is 1.75. The Kier molecular flexibility index (Phi) is 2.75. The van der Waals surface area contributed by atoms with Gasteiger partial charge in [0.05, 0.1) is 10.9 Å². The summed E-state index contributed by atoms with van der Waals surface area (Å²) in [6.07, 6.45) is 2.06. The second-order valence-corrected chi connectivity index (χ2v) is 4.38. The summed E-state index contributed by atoms with van der Waals surface area (Å²) in [5, 5.41) is 10.3. The summed E-state index contributed by atoms with van der Waals surface area (Å²) in [6, 6.07) is 6.69. The van der Waals surface area contributed by atoms with Crippen molar-refractivity contribution in [3.05, 3.63) is 53.7 Å². The first-order valence-corrected chi connectivity index (χ1v) is 5.85. The van der Waals surface area contributed by atoms with Crippen molar-refractivity contribution in [3.63, 3.8) is 0 Å². The Morgan fingerprint density at radius 2 is 2.00 bits per heavy atom. The highest BCUT2D eigenvalue weighted by Gasteiger charge is 2.14. The first-order chi connectivity index (χ1) is 9.61. The van der Waals surface area contributed by atoms with E-state index in [9.17, 15) is 18.7 Å². The second kappa shape index (κ2) is 4.45. The van der Waals surface area contributed by atoms with Crippen LogP contribution in [0.25, 0.3) is 22.0 Å². The van der Waals surface area contributed by atoms with Gasteiger partial charge in [0.25, 0.3) is 0 Å². The molecule has 1 aromatic heterocycles. The number of phenols is 1. The zero-order valence-electron chi connectivity index (χ0n) is 10.2. The first-order valence-electron chi connectivity index (χ1n) is 5.85. The smallest absolute Gasteiger partial charge is 0.166 e. The number of halogens is 2. The van der Waals surface area contributed by atoms with Gasteiger partial charge in [-0.25, -0.2) is 8.78 Å². The van der Waals surface area contributed by atoms with Gasteiger partial charge >= 0.3 is 0 Å². The predicted molar refractivity (Wildman–Crippen MR) is 70.7 cm³/mol. The minimum absolute atomic E-state index is 0.0458. The Labute approximate surface area is 112 Å². The van der Waals surface area contributed by atoms with Gasteiger partial charge in [-0.1, -0.05) is 12.1 Å². The number of hydrogen-bond donors (Lipinski definition) is 2. The van der Waals surface area contributed by atoms with Crippen LogP contribution in [0.1, 0.15) is 10.4 Å². The van der Waals surface area contributed by atoms with E-state index in [0.717, 1.165) is 6.07 Å². The van der Waals surface area contributed by atoms with Crippen LogP contribution in [0.15, 0.2) is 36.5 Å². The minimum Gasteiger partial charge on any atom is -0.507 e. The Hall–Kier alpha value is -2.69. The van der Waals surface area contributed by atoms with Crippen molar-refractivity contribution >= 4 is 17.2 Å². The fraction of sp³-hybridized carbons (Fsp3) is 0. The van der Waals surface area contributed by atoms with Crippen LogP contribution >= 0.6 is 0 Å². The minimum atomic E-state index is -0.978.